The summed E-state index contributed by atoms with van der Waals surface area (Å²) in [5.41, 5.74) is 4.98. The van der Waals surface area contributed by atoms with Gasteiger partial charge in [-0.2, -0.15) is 0 Å². The number of carbonyl (C=O) groups excluding carboxylic acids is 2. The summed E-state index contributed by atoms with van der Waals surface area (Å²) in [6.45, 7) is 2.88. The second-order valence-electron chi connectivity index (χ2n) is 7.99. The fourth-order valence-corrected chi connectivity index (χ4v) is 4.58. The molecule has 6 nitrogen and oxygen atoms in total. The van der Waals surface area contributed by atoms with Gasteiger partial charge in [0.25, 0.3) is 5.91 Å². The van der Waals surface area contributed by atoms with Crippen molar-refractivity contribution in [1.29, 1.82) is 0 Å². The number of amides is 2. The van der Waals surface area contributed by atoms with Crippen LogP contribution < -0.4 is 9.64 Å². The van der Waals surface area contributed by atoms with Crippen LogP contribution in [0, 0.1) is 6.92 Å². The van der Waals surface area contributed by atoms with Crippen LogP contribution in [0.25, 0.3) is 11.1 Å². The zero-order valence-corrected chi connectivity index (χ0v) is 18.8. The molecule has 0 spiro atoms. The molecule has 0 unspecified atom stereocenters. The Kier molecular flexibility index (Phi) is 5.27. The van der Waals surface area contributed by atoms with Crippen LogP contribution in [0.2, 0.25) is 10.0 Å². The highest BCUT2D eigenvalue weighted by molar-refractivity contribution is 6.35. The van der Waals surface area contributed by atoms with Crippen LogP contribution in [0.15, 0.2) is 48.7 Å². The standard InChI is InChI=1S/C24H19Cl2N3O3/c1-14-2-3-15-10-28(11-18(15)4-14)22(30)12-29-23(31)13-32-21-7-17(9-27-24(21)29)16-5-19(25)8-20(26)6-16/h2-9H,10-13H2,1H3. The molecule has 0 saturated heterocycles. The molecule has 2 amide bonds. The molecular weight excluding hydrogens is 449 g/mol. The number of aromatic nitrogens is 1. The molecule has 3 aromatic rings. The molecule has 0 fully saturated rings. The van der Waals surface area contributed by atoms with Crippen LogP contribution in [0.1, 0.15) is 16.7 Å². The molecule has 2 aliphatic rings. The zero-order valence-electron chi connectivity index (χ0n) is 17.3. The highest BCUT2D eigenvalue weighted by atomic mass is 35.5. The van der Waals surface area contributed by atoms with Gasteiger partial charge in [-0.25, -0.2) is 4.98 Å². The van der Waals surface area contributed by atoms with Gasteiger partial charge in [0.15, 0.2) is 18.2 Å². The van der Waals surface area contributed by atoms with Crippen LogP contribution in [0.4, 0.5) is 5.82 Å². The molecule has 8 heteroatoms. The van der Waals surface area contributed by atoms with Crippen LogP contribution >= 0.6 is 23.2 Å². The Morgan fingerprint density at radius 2 is 1.78 bits per heavy atom. The third-order valence-corrected chi connectivity index (χ3v) is 6.10. The summed E-state index contributed by atoms with van der Waals surface area (Å²) in [6, 6.07) is 13.2. The van der Waals surface area contributed by atoms with Gasteiger partial charge in [0.1, 0.15) is 6.54 Å². The number of aryl methyl sites for hydroxylation is 1. The van der Waals surface area contributed by atoms with E-state index in [9.17, 15) is 9.59 Å². The molecule has 2 aliphatic heterocycles. The Bertz CT molecular complexity index is 1240. The molecule has 0 N–H and O–H groups in total. The van der Waals surface area contributed by atoms with E-state index in [4.69, 9.17) is 27.9 Å². The number of halogens is 2. The maximum Gasteiger partial charge on any atom is 0.266 e. The SMILES string of the molecule is Cc1ccc2c(c1)CN(C(=O)CN1C(=O)COc3cc(-c4cc(Cl)cc(Cl)c4)cnc31)C2. The first kappa shape index (κ1) is 20.8. The van der Waals surface area contributed by atoms with E-state index in [1.54, 1.807) is 35.4 Å². The van der Waals surface area contributed by atoms with Gasteiger partial charge in [-0.1, -0.05) is 47.0 Å². The Morgan fingerprint density at radius 3 is 2.56 bits per heavy atom. The average molecular weight is 468 g/mol. The maximum atomic E-state index is 13.0. The summed E-state index contributed by atoms with van der Waals surface area (Å²) in [5.74, 6) is 0.336. The predicted molar refractivity (Wildman–Crippen MR) is 123 cm³/mol. The molecule has 162 valence electrons. The van der Waals surface area contributed by atoms with Gasteiger partial charge in [0.2, 0.25) is 5.91 Å². The molecule has 0 aliphatic carbocycles. The number of pyridine rings is 1. The first-order valence-electron chi connectivity index (χ1n) is 10.1. The van der Waals surface area contributed by atoms with Gasteiger partial charge in [-0.15, -0.1) is 0 Å². The number of hydrogen-bond acceptors (Lipinski definition) is 4. The van der Waals surface area contributed by atoms with Gasteiger partial charge in [0.05, 0.1) is 0 Å². The number of benzene rings is 2. The van der Waals surface area contributed by atoms with E-state index in [1.165, 1.54) is 4.90 Å². The van der Waals surface area contributed by atoms with Crippen LogP contribution in [-0.4, -0.2) is 34.8 Å². The molecule has 5 rings (SSSR count). The Labute approximate surface area is 195 Å². The molecule has 3 heterocycles. The number of carbonyl (C=O) groups is 2. The highest BCUT2D eigenvalue weighted by Gasteiger charge is 2.32. The summed E-state index contributed by atoms with van der Waals surface area (Å²) in [4.78, 5) is 33.2. The number of rotatable bonds is 3. The summed E-state index contributed by atoms with van der Waals surface area (Å²) in [7, 11) is 0. The van der Waals surface area contributed by atoms with Crippen molar-refractivity contribution < 1.29 is 14.3 Å². The van der Waals surface area contributed by atoms with E-state index in [-0.39, 0.29) is 25.0 Å². The summed E-state index contributed by atoms with van der Waals surface area (Å²) in [6.07, 6.45) is 1.62. The summed E-state index contributed by atoms with van der Waals surface area (Å²) in [5, 5.41) is 1.02. The fourth-order valence-electron chi connectivity index (χ4n) is 4.06. The van der Waals surface area contributed by atoms with E-state index in [2.05, 4.69) is 17.1 Å². The summed E-state index contributed by atoms with van der Waals surface area (Å²) >= 11 is 12.2. The van der Waals surface area contributed by atoms with E-state index in [1.807, 2.05) is 13.0 Å². The Hall–Kier alpha value is -3.09. The number of fused-ring (bicyclic) bond motifs is 2. The van der Waals surface area contributed by atoms with Gasteiger partial charge < -0.3 is 9.64 Å². The quantitative estimate of drug-likeness (QED) is 0.563. The molecule has 2 aromatic carbocycles. The number of hydrogen-bond donors (Lipinski definition) is 0. The van der Waals surface area contributed by atoms with Crippen molar-refractivity contribution in [3.8, 4) is 16.9 Å². The average Bonchev–Trinajstić information content (AvgIpc) is 3.18. The van der Waals surface area contributed by atoms with Gasteiger partial charge >= 0.3 is 0 Å². The lowest BCUT2D eigenvalue weighted by Crippen LogP contribution is -2.45. The Morgan fingerprint density at radius 1 is 1.03 bits per heavy atom. The van der Waals surface area contributed by atoms with Gasteiger partial charge in [-0.3, -0.25) is 14.5 Å². The van der Waals surface area contributed by atoms with Crippen LogP contribution in [0.3, 0.4) is 0 Å². The maximum absolute atomic E-state index is 13.0. The molecule has 0 radical (unpaired) electrons. The van der Waals surface area contributed by atoms with Crippen LogP contribution in [-0.2, 0) is 22.7 Å². The van der Waals surface area contributed by atoms with Crippen molar-refractivity contribution in [1.82, 2.24) is 9.88 Å². The first-order chi connectivity index (χ1) is 15.4. The normalized spacial score (nSPS) is 14.8. The van der Waals surface area contributed by atoms with Gasteiger partial charge in [-0.05, 0) is 47.9 Å². The van der Waals surface area contributed by atoms with Gasteiger partial charge in [0, 0.05) is 34.9 Å². The molecular formula is C24H19Cl2N3O3. The Balaban J connectivity index is 1.38. The monoisotopic (exact) mass is 467 g/mol. The zero-order chi connectivity index (χ0) is 22.4. The first-order valence-corrected chi connectivity index (χ1v) is 10.9. The van der Waals surface area contributed by atoms with E-state index >= 15 is 0 Å². The number of nitrogens with zero attached hydrogens (tertiary/aromatic N) is 3. The lowest BCUT2D eigenvalue weighted by Gasteiger charge is -2.29. The largest absolute Gasteiger partial charge is 0.480 e. The molecule has 0 atom stereocenters. The fraction of sp³-hybridized carbons (Fsp3) is 0.208. The minimum atomic E-state index is -0.301. The highest BCUT2D eigenvalue weighted by Crippen LogP contribution is 2.35. The lowest BCUT2D eigenvalue weighted by molar-refractivity contribution is -0.132. The van der Waals surface area contributed by atoms with Crippen molar-refractivity contribution in [2.45, 2.75) is 20.0 Å². The molecule has 32 heavy (non-hydrogen) atoms. The van der Waals surface area contributed by atoms with E-state index in [0.717, 1.165) is 27.8 Å². The van der Waals surface area contributed by atoms with E-state index < -0.39 is 0 Å². The molecule has 0 saturated carbocycles. The second kappa shape index (κ2) is 8.11. The molecule has 0 bridgehead atoms. The van der Waals surface area contributed by atoms with Crippen molar-refractivity contribution in [2.24, 2.45) is 0 Å². The minimum Gasteiger partial charge on any atom is -0.480 e. The third kappa shape index (κ3) is 3.92. The van der Waals surface area contributed by atoms with Crippen LogP contribution in [0.5, 0.6) is 5.75 Å². The van der Waals surface area contributed by atoms with Crippen molar-refractivity contribution >= 4 is 40.8 Å². The predicted octanol–water partition coefficient (Wildman–Crippen LogP) is 4.63. The van der Waals surface area contributed by atoms with E-state index in [0.29, 0.717) is 34.7 Å². The third-order valence-electron chi connectivity index (χ3n) is 5.67. The molecule has 1 aromatic heterocycles. The summed E-state index contributed by atoms with van der Waals surface area (Å²) < 4.78 is 5.61. The second-order valence-corrected chi connectivity index (χ2v) is 8.87. The smallest absolute Gasteiger partial charge is 0.266 e. The van der Waals surface area contributed by atoms with Crippen molar-refractivity contribution in [3.05, 3.63) is 75.4 Å². The van der Waals surface area contributed by atoms with Crippen molar-refractivity contribution in [3.63, 3.8) is 0 Å². The topological polar surface area (TPSA) is 62.7 Å². The lowest BCUT2D eigenvalue weighted by atomic mass is 10.1. The van der Waals surface area contributed by atoms with Crippen molar-refractivity contribution in [2.75, 3.05) is 18.1 Å². The number of anilines is 1. The number of ether oxygens (including phenoxy) is 1. The minimum absolute atomic E-state index is 0.0858.